The van der Waals surface area contributed by atoms with Gasteiger partial charge in [0.05, 0.1) is 12.5 Å². The van der Waals surface area contributed by atoms with E-state index in [9.17, 15) is 4.79 Å². The number of hydrogen-bond acceptors (Lipinski definition) is 2. The van der Waals surface area contributed by atoms with Gasteiger partial charge in [0, 0.05) is 19.7 Å². The molecule has 0 spiro atoms. The number of carbonyl (C=O) groups is 1. The lowest BCUT2D eigenvalue weighted by Gasteiger charge is -2.25. The van der Waals surface area contributed by atoms with Gasteiger partial charge in [-0.25, -0.2) is 0 Å². The van der Waals surface area contributed by atoms with Crippen molar-refractivity contribution in [1.29, 1.82) is 0 Å². The lowest BCUT2D eigenvalue weighted by molar-refractivity contribution is 0.0932. The zero-order valence-electron chi connectivity index (χ0n) is 10.6. The van der Waals surface area contributed by atoms with Gasteiger partial charge in [-0.05, 0) is 53.3 Å². The van der Waals surface area contributed by atoms with E-state index in [-0.39, 0.29) is 11.7 Å². The predicted molar refractivity (Wildman–Crippen MR) is 87.8 cm³/mol. The first-order valence-corrected chi connectivity index (χ1v) is 7.83. The average molecular weight is 399 g/mol. The van der Waals surface area contributed by atoms with Crippen LogP contribution in [-0.4, -0.2) is 12.4 Å². The van der Waals surface area contributed by atoms with E-state index in [0.29, 0.717) is 23.6 Å². The molecule has 1 aliphatic rings. The summed E-state index contributed by atoms with van der Waals surface area (Å²) in [5.74, 6) is 0.786. The molecule has 1 aliphatic heterocycles. The molecule has 0 aliphatic carbocycles. The molecular weight excluding hydrogens is 387 g/mol. The molecular formula is C16H12ClIO2. The van der Waals surface area contributed by atoms with E-state index >= 15 is 0 Å². The number of fused-ring (bicyclic) bond motifs is 1. The smallest absolute Gasteiger partial charge is 0.171 e. The van der Waals surface area contributed by atoms with E-state index in [4.69, 9.17) is 16.3 Å². The molecule has 0 radical (unpaired) electrons. The van der Waals surface area contributed by atoms with E-state index in [0.717, 1.165) is 14.9 Å². The summed E-state index contributed by atoms with van der Waals surface area (Å²) in [6, 6.07) is 13.2. The number of ether oxygens (including phenoxy) is 1. The van der Waals surface area contributed by atoms with E-state index in [1.807, 2.05) is 30.3 Å². The van der Waals surface area contributed by atoms with Crippen LogP contribution in [-0.2, 0) is 0 Å². The highest BCUT2D eigenvalue weighted by Gasteiger charge is 2.29. The molecule has 2 aromatic rings. The van der Waals surface area contributed by atoms with Crippen molar-refractivity contribution < 1.29 is 9.53 Å². The largest absolute Gasteiger partial charge is 0.493 e. The molecule has 2 nitrogen and oxygen atoms in total. The van der Waals surface area contributed by atoms with E-state index in [1.54, 1.807) is 12.1 Å². The molecule has 0 amide bonds. The Morgan fingerprint density at radius 1 is 1.25 bits per heavy atom. The first-order chi connectivity index (χ1) is 9.66. The second-order valence-electron chi connectivity index (χ2n) is 4.72. The van der Waals surface area contributed by atoms with Gasteiger partial charge in [0.2, 0.25) is 0 Å². The first-order valence-electron chi connectivity index (χ1n) is 6.38. The van der Waals surface area contributed by atoms with Crippen molar-refractivity contribution in [3.8, 4) is 5.75 Å². The third kappa shape index (κ3) is 2.56. The van der Waals surface area contributed by atoms with Gasteiger partial charge in [-0.1, -0.05) is 29.8 Å². The van der Waals surface area contributed by atoms with Gasteiger partial charge in [0.1, 0.15) is 5.75 Å². The number of para-hydroxylation sites is 1. The molecule has 0 aromatic heterocycles. The van der Waals surface area contributed by atoms with Crippen LogP contribution in [0.2, 0.25) is 5.02 Å². The number of ketones is 1. The van der Waals surface area contributed by atoms with Gasteiger partial charge < -0.3 is 4.74 Å². The first kappa shape index (κ1) is 13.9. The maximum absolute atomic E-state index is 12.8. The monoisotopic (exact) mass is 398 g/mol. The average Bonchev–Trinajstić information content (AvgIpc) is 2.48. The van der Waals surface area contributed by atoms with Crippen LogP contribution in [0.15, 0.2) is 42.5 Å². The molecule has 0 fully saturated rings. The second kappa shape index (κ2) is 5.74. The normalized spacial score (nSPS) is 17.2. The van der Waals surface area contributed by atoms with Crippen molar-refractivity contribution in [3.05, 3.63) is 62.2 Å². The minimum Gasteiger partial charge on any atom is -0.493 e. The molecule has 0 saturated heterocycles. The summed E-state index contributed by atoms with van der Waals surface area (Å²) in [6.07, 6.45) is 0.707. The number of Topliss-reactive ketones (excluding diaryl/α,β-unsaturated/α-hetero) is 1. The topological polar surface area (TPSA) is 26.3 Å². The van der Waals surface area contributed by atoms with Gasteiger partial charge in [-0.2, -0.15) is 0 Å². The molecule has 4 heteroatoms. The van der Waals surface area contributed by atoms with Crippen molar-refractivity contribution in [2.24, 2.45) is 0 Å². The molecule has 1 atom stereocenters. The Kier molecular flexibility index (Phi) is 3.98. The number of benzene rings is 2. The fourth-order valence-corrected chi connectivity index (χ4v) is 3.26. The lowest BCUT2D eigenvalue weighted by atomic mass is 9.86. The molecule has 0 saturated carbocycles. The van der Waals surface area contributed by atoms with E-state index < -0.39 is 0 Å². The number of hydrogen-bond donors (Lipinski definition) is 0. The van der Waals surface area contributed by atoms with Gasteiger partial charge in [-0.3, -0.25) is 4.79 Å². The zero-order valence-corrected chi connectivity index (χ0v) is 13.5. The summed E-state index contributed by atoms with van der Waals surface area (Å²) in [7, 11) is 0. The van der Waals surface area contributed by atoms with Crippen LogP contribution < -0.4 is 4.74 Å². The zero-order chi connectivity index (χ0) is 14.1. The third-order valence-electron chi connectivity index (χ3n) is 3.47. The standard InChI is InChI=1S/C16H12ClIO2/c17-10-5-6-14(18)13(9-10)16(19)12-7-8-20-15-4-2-1-3-11(12)15/h1-6,9,12H,7-8H2. The Labute approximate surface area is 136 Å². The third-order valence-corrected chi connectivity index (χ3v) is 4.64. The quantitative estimate of drug-likeness (QED) is 0.542. The van der Waals surface area contributed by atoms with Crippen LogP contribution in [0.4, 0.5) is 0 Å². The molecule has 1 heterocycles. The fraction of sp³-hybridized carbons (Fsp3) is 0.188. The van der Waals surface area contributed by atoms with E-state index in [1.165, 1.54) is 0 Å². The molecule has 102 valence electrons. The summed E-state index contributed by atoms with van der Waals surface area (Å²) in [5, 5.41) is 0.592. The molecule has 3 rings (SSSR count). The highest BCUT2D eigenvalue weighted by Crippen LogP contribution is 2.36. The van der Waals surface area contributed by atoms with Crippen molar-refractivity contribution >= 4 is 40.0 Å². The summed E-state index contributed by atoms with van der Waals surface area (Å²) in [4.78, 5) is 12.8. The van der Waals surface area contributed by atoms with Crippen LogP contribution in [0, 0.1) is 3.57 Å². The summed E-state index contributed by atoms with van der Waals surface area (Å²) in [5.41, 5.74) is 1.67. The predicted octanol–water partition coefficient (Wildman–Crippen LogP) is 4.69. The van der Waals surface area contributed by atoms with Gasteiger partial charge in [-0.15, -0.1) is 0 Å². The highest BCUT2D eigenvalue weighted by atomic mass is 127. The maximum Gasteiger partial charge on any atom is 0.171 e. The fourth-order valence-electron chi connectivity index (χ4n) is 2.49. The summed E-state index contributed by atoms with van der Waals surface area (Å²) in [6.45, 7) is 0.574. The van der Waals surface area contributed by atoms with Crippen molar-refractivity contribution in [2.45, 2.75) is 12.3 Å². The Hall–Kier alpha value is -1.07. The number of carbonyl (C=O) groups excluding carboxylic acids is 1. The van der Waals surface area contributed by atoms with Gasteiger partial charge in [0.25, 0.3) is 0 Å². The Morgan fingerprint density at radius 3 is 2.90 bits per heavy atom. The summed E-state index contributed by atoms with van der Waals surface area (Å²) < 4.78 is 6.54. The Morgan fingerprint density at radius 2 is 2.05 bits per heavy atom. The van der Waals surface area contributed by atoms with Crippen molar-refractivity contribution in [1.82, 2.24) is 0 Å². The maximum atomic E-state index is 12.8. The minimum absolute atomic E-state index is 0.118. The minimum atomic E-state index is -0.146. The van der Waals surface area contributed by atoms with Crippen molar-refractivity contribution in [3.63, 3.8) is 0 Å². The molecule has 0 N–H and O–H groups in total. The van der Waals surface area contributed by atoms with Crippen LogP contribution in [0.1, 0.15) is 28.3 Å². The SMILES string of the molecule is O=C(c1cc(Cl)ccc1I)C1CCOc2ccccc21. The number of rotatable bonds is 2. The second-order valence-corrected chi connectivity index (χ2v) is 6.31. The molecule has 1 unspecified atom stereocenters. The Balaban J connectivity index is 2.02. The molecule has 20 heavy (non-hydrogen) atoms. The van der Waals surface area contributed by atoms with Crippen LogP contribution in [0.25, 0.3) is 0 Å². The Bertz CT molecular complexity index is 669. The number of halogens is 2. The molecule has 0 bridgehead atoms. The highest BCUT2D eigenvalue weighted by molar-refractivity contribution is 14.1. The lowest BCUT2D eigenvalue weighted by Crippen LogP contribution is -2.22. The van der Waals surface area contributed by atoms with Gasteiger partial charge in [0.15, 0.2) is 5.78 Å². The van der Waals surface area contributed by atoms with Crippen LogP contribution in [0.3, 0.4) is 0 Å². The van der Waals surface area contributed by atoms with Crippen molar-refractivity contribution in [2.75, 3.05) is 6.61 Å². The van der Waals surface area contributed by atoms with E-state index in [2.05, 4.69) is 22.6 Å². The molecule has 2 aromatic carbocycles. The van der Waals surface area contributed by atoms with Crippen LogP contribution in [0.5, 0.6) is 5.75 Å². The van der Waals surface area contributed by atoms with Gasteiger partial charge >= 0.3 is 0 Å². The van der Waals surface area contributed by atoms with Crippen LogP contribution >= 0.6 is 34.2 Å². The summed E-state index contributed by atoms with van der Waals surface area (Å²) >= 11 is 8.20.